The van der Waals surface area contributed by atoms with Crippen LogP contribution in [0.25, 0.3) is 0 Å². The molecule has 0 aliphatic carbocycles. The summed E-state index contributed by atoms with van der Waals surface area (Å²) in [5.74, 6) is 0.618. The fourth-order valence-corrected chi connectivity index (χ4v) is 2.13. The summed E-state index contributed by atoms with van der Waals surface area (Å²) < 4.78 is 15.8. The van der Waals surface area contributed by atoms with Crippen molar-refractivity contribution in [2.45, 2.75) is 6.92 Å². The van der Waals surface area contributed by atoms with E-state index in [1.807, 2.05) is 6.92 Å². The van der Waals surface area contributed by atoms with Gasteiger partial charge in [-0.3, -0.25) is 14.9 Å². The molecular formula is C18H19N3O6. The third kappa shape index (κ3) is 5.70. The highest BCUT2D eigenvalue weighted by atomic mass is 16.6. The zero-order valence-corrected chi connectivity index (χ0v) is 14.9. The van der Waals surface area contributed by atoms with Crippen LogP contribution in [0.15, 0.2) is 47.6 Å². The largest absolute Gasteiger partial charge is 0.493 e. The van der Waals surface area contributed by atoms with Crippen LogP contribution in [0.4, 0.5) is 5.69 Å². The Labute approximate surface area is 155 Å². The molecule has 0 atom stereocenters. The van der Waals surface area contributed by atoms with Gasteiger partial charge in [0.2, 0.25) is 0 Å². The Bertz CT molecular complexity index is 838. The molecule has 2 aromatic carbocycles. The summed E-state index contributed by atoms with van der Waals surface area (Å²) >= 11 is 0. The normalized spacial score (nSPS) is 10.4. The number of carbonyl (C=O) groups excluding carboxylic acids is 1. The molecule has 0 heterocycles. The van der Waals surface area contributed by atoms with Crippen LogP contribution in [0, 0.1) is 10.1 Å². The van der Waals surface area contributed by atoms with Crippen LogP contribution in [0.2, 0.25) is 0 Å². The van der Waals surface area contributed by atoms with Gasteiger partial charge < -0.3 is 14.2 Å². The lowest BCUT2D eigenvalue weighted by Gasteiger charge is -2.09. The first-order valence-corrected chi connectivity index (χ1v) is 8.04. The number of nitrogens with one attached hydrogen (secondary N) is 1. The maximum atomic E-state index is 11.8. The average Bonchev–Trinajstić information content (AvgIpc) is 2.67. The summed E-state index contributed by atoms with van der Waals surface area (Å²) in [6.07, 6.45) is 1.44. The minimum atomic E-state index is -0.578. The first-order valence-electron chi connectivity index (χ1n) is 8.04. The molecule has 1 N–H and O–H groups in total. The van der Waals surface area contributed by atoms with Crippen molar-refractivity contribution in [1.82, 2.24) is 5.43 Å². The van der Waals surface area contributed by atoms with Gasteiger partial charge >= 0.3 is 5.69 Å². The molecule has 0 unspecified atom stereocenters. The second kappa shape index (κ2) is 9.76. The Balaban J connectivity index is 1.92. The van der Waals surface area contributed by atoms with E-state index in [2.05, 4.69) is 10.5 Å². The highest BCUT2D eigenvalue weighted by molar-refractivity contribution is 5.83. The van der Waals surface area contributed by atoms with Crippen LogP contribution in [-0.2, 0) is 4.79 Å². The average molecular weight is 373 g/mol. The molecule has 9 heteroatoms. The van der Waals surface area contributed by atoms with Crippen molar-refractivity contribution in [3.05, 3.63) is 58.1 Å². The molecule has 2 rings (SSSR count). The number of hydrazone groups is 1. The van der Waals surface area contributed by atoms with Crippen molar-refractivity contribution in [1.29, 1.82) is 0 Å². The Morgan fingerprint density at radius 3 is 2.67 bits per heavy atom. The number of rotatable bonds is 9. The predicted molar refractivity (Wildman–Crippen MR) is 98.5 cm³/mol. The molecule has 0 saturated carbocycles. The van der Waals surface area contributed by atoms with Crippen molar-refractivity contribution in [2.75, 3.05) is 20.3 Å². The van der Waals surface area contributed by atoms with Crippen molar-refractivity contribution >= 4 is 17.8 Å². The number of hydrogen-bond donors (Lipinski definition) is 1. The smallest absolute Gasteiger partial charge is 0.310 e. The van der Waals surface area contributed by atoms with E-state index in [1.165, 1.54) is 24.4 Å². The topological polar surface area (TPSA) is 112 Å². The Morgan fingerprint density at radius 2 is 1.96 bits per heavy atom. The van der Waals surface area contributed by atoms with E-state index in [9.17, 15) is 14.9 Å². The van der Waals surface area contributed by atoms with E-state index in [4.69, 9.17) is 14.2 Å². The second-order valence-electron chi connectivity index (χ2n) is 5.15. The minimum absolute atomic E-state index is 0.0122. The van der Waals surface area contributed by atoms with Gasteiger partial charge in [0.1, 0.15) is 0 Å². The highest BCUT2D eigenvalue weighted by Crippen LogP contribution is 2.27. The van der Waals surface area contributed by atoms with E-state index in [0.29, 0.717) is 23.7 Å². The fraction of sp³-hybridized carbons (Fsp3) is 0.222. The molecule has 0 aliphatic heterocycles. The molecule has 1 amide bonds. The predicted octanol–water partition coefficient (Wildman–Crippen LogP) is 2.53. The van der Waals surface area contributed by atoms with Crippen LogP contribution in [-0.4, -0.2) is 37.4 Å². The number of carbonyl (C=O) groups is 1. The summed E-state index contributed by atoms with van der Waals surface area (Å²) in [6, 6.07) is 11.0. The van der Waals surface area contributed by atoms with Gasteiger partial charge in [-0.1, -0.05) is 12.1 Å². The number of benzene rings is 2. The minimum Gasteiger partial charge on any atom is -0.493 e. The van der Waals surface area contributed by atoms with E-state index in [-0.39, 0.29) is 11.4 Å². The highest BCUT2D eigenvalue weighted by Gasteiger charge is 2.14. The van der Waals surface area contributed by atoms with Gasteiger partial charge in [0.15, 0.2) is 23.9 Å². The van der Waals surface area contributed by atoms with Crippen LogP contribution >= 0.6 is 0 Å². The molecule has 0 aliphatic rings. The van der Waals surface area contributed by atoms with Crippen molar-refractivity contribution in [2.24, 2.45) is 5.10 Å². The number of hydrogen-bond acceptors (Lipinski definition) is 7. The molecule has 0 radical (unpaired) electrons. The number of para-hydroxylation sites is 2. The number of nitro groups is 1. The molecule has 0 fully saturated rings. The van der Waals surface area contributed by atoms with Crippen LogP contribution < -0.4 is 19.6 Å². The van der Waals surface area contributed by atoms with Crippen LogP contribution in [0.1, 0.15) is 12.5 Å². The lowest BCUT2D eigenvalue weighted by Crippen LogP contribution is -2.24. The molecule has 0 spiro atoms. The number of nitro benzene ring substituents is 1. The van der Waals surface area contributed by atoms with Crippen molar-refractivity contribution < 1.29 is 23.9 Å². The Hall–Kier alpha value is -3.62. The van der Waals surface area contributed by atoms with Crippen LogP contribution in [0.5, 0.6) is 17.2 Å². The molecule has 2 aromatic rings. The molecule has 0 aromatic heterocycles. The zero-order valence-electron chi connectivity index (χ0n) is 14.9. The maximum Gasteiger partial charge on any atom is 0.310 e. The SMILES string of the molecule is CCOc1cc(C=NNC(=O)COc2ccccc2[N+](=O)[O-])ccc1OC. The molecule has 142 valence electrons. The lowest BCUT2D eigenvalue weighted by atomic mass is 10.2. The number of ether oxygens (including phenoxy) is 3. The second-order valence-corrected chi connectivity index (χ2v) is 5.15. The monoisotopic (exact) mass is 373 g/mol. The Morgan fingerprint density at radius 1 is 1.19 bits per heavy atom. The summed E-state index contributed by atoms with van der Waals surface area (Å²) in [4.78, 5) is 22.1. The number of amides is 1. The van der Waals surface area contributed by atoms with Gasteiger partial charge in [0.25, 0.3) is 5.91 Å². The van der Waals surface area contributed by atoms with E-state index in [0.717, 1.165) is 0 Å². The van der Waals surface area contributed by atoms with E-state index < -0.39 is 17.4 Å². The van der Waals surface area contributed by atoms with E-state index in [1.54, 1.807) is 31.4 Å². The van der Waals surface area contributed by atoms with Gasteiger partial charge in [0.05, 0.1) is 24.9 Å². The maximum absolute atomic E-state index is 11.8. The van der Waals surface area contributed by atoms with Gasteiger partial charge in [-0.05, 0) is 36.8 Å². The molecule has 0 bridgehead atoms. The molecule has 9 nitrogen and oxygen atoms in total. The molecule has 27 heavy (non-hydrogen) atoms. The lowest BCUT2D eigenvalue weighted by molar-refractivity contribution is -0.385. The first-order chi connectivity index (χ1) is 13.0. The third-order valence-corrected chi connectivity index (χ3v) is 3.31. The quantitative estimate of drug-likeness (QED) is 0.411. The van der Waals surface area contributed by atoms with Gasteiger partial charge in [-0.25, -0.2) is 5.43 Å². The van der Waals surface area contributed by atoms with Gasteiger partial charge in [0, 0.05) is 6.07 Å². The molecule has 0 saturated heterocycles. The van der Waals surface area contributed by atoms with Crippen molar-refractivity contribution in [3.8, 4) is 17.2 Å². The summed E-state index contributed by atoms with van der Waals surface area (Å²) in [6.45, 7) is 1.93. The van der Waals surface area contributed by atoms with E-state index >= 15 is 0 Å². The molecular weight excluding hydrogens is 354 g/mol. The van der Waals surface area contributed by atoms with Crippen LogP contribution in [0.3, 0.4) is 0 Å². The van der Waals surface area contributed by atoms with Crippen molar-refractivity contribution in [3.63, 3.8) is 0 Å². The van der Waals surface area contributed by atoms with Gasteiger partial charge in [-0.15, -0.1) is 0 Å². The first kappa shape index (κ1) is 19.7. The van der Waals surface area contributed by atoms with Gasteiger partial charge in [-0.2, -0.15) is 5.10 Å². The summed E-state index contributed by atoms with van der Waals surface area (Å²) in [5.41, 5.74) is 2.77. The summed E-state index contributed by atoms with van der Waals surface area (Å²) in [5, 5.41) is 14.7. The zero-order chi connectivity index (χ0) is 19.6. The number of methoxy groups -OCH3 is 1. The number of nitrogens with zero attached hydrogens (tertiary/aromatic N) is 2. The Kier molecular flexibility index (Phi) is 7.12. The fourth-order valence-electron chi connectivity index (χ4n) is 2.13. The summed E-state index contributed by atoms with van der Waals surface area (Å²) in [7, 11) is 1.54. The third-order valence-electron chi connectivity index (χ3n) is 3.31. The standard InChI is InChI=1S/C18H19N3O6/c1-3-26-17-10-13(8-9-16(17)25-2)11-19-20-18(22)12-27-15-7-5-4-6-14(15)21(23)24/h4-11H,3,12H2,1-2H3,(H,20,22).